The lowest BCUT2D eigenvalue weighted by molar-refractivity contribution is 0.660. The summed E-state index contributed by atoms with van der Waals surface area (Å²) in [6.07, 6.45) is 6.82. The third-order valence-corrected chi connectivity index (χ3v) is 2.16. The molecule has 4 nitrogen and oxygen atoms in total. The molecule has 0 aliphatic carbocycles. The van der Waals surface area contributed by atoms with Crippen LogP contribution in [0.15, 0.2) is 24.8 Å². The average Bonchev–Trinajstić information content (AvgIpc) is 2.67. The first kappa shape index (κ1) is 9.15. The zero-order valence-corrected chi connectivity index (χ0v) is 8.44. The van der Waals surface area contributed by atoms with E-state index in [2.05, 4.69) is 15.1 Å². The molecule has 0 saturated heterocycles. The van der Waals surface area contributed by atoms with Gasteiger partial charge in [-0.05, 0) is 6.92 Å². The Morgan fingerprint density at radius 1 is 1.36 bits per heavy atom. The van der Waals surface area contributed by atoms with Crippen LogP contribution in [-0.4, -0.2) is 19.7 Å². The summed E-state index contributed by atoms with van der Waals surface area (Å²) in [5.41, 5.74) is 1.57. The number of halogens is 1. The molecule has 0 atom stereocenters. The molecule has 2 aromatic heterocycles. The third-order valence-electron chi connectivity index (χ3n) is 1.88. The van der Waals surface area contributed by atoms with Gasteiger partial charge in [-0.3, -0.25) is 9.67 Å². The fraction of sp³-hybridized carbons (Fsp3) is 0.222. The van der Waals surface area contributed by atoms with Gasteiger partial charge in [0, 0.05) is 30.7 Å². The predicted octanol–water partition coefficient (Wildman–Crippen LogP) is 2.01. The van der Waals surface area contributed by atoms with Gasteiger partial charge in [0.1, 0.15) is 5.69 Å². The smallest absolute Gasteiger partial charge is 0.155 e. The third kappa shape index (κ3) is 1.61. The van der Waals surface area contributed by atoms with E-state index < -0.39 is 0 Å². The van der Waals surface area contributed by atoms with Crippen LogP contribution in [-0.2, 0) is 6.54 Å². The summed E-state index contributed by atoms with van der Waals surface area (Å²) in [5.74, 6) is 0. The lowest BCUT2D eigenvalue weighted by Gasteiger charge is -1.96. The molecule has 0 N–H and O–H groups in total. The van der Waals surface area contributed by atoms with Crippen molar-refractivity contribution in [2.24, 2.45) is 0 Å². The summed E-state index contributed by atoms with van der Waals surface area (Å²) in [6.45, 7) is 2.85. The van der Waals surface area contributed by atoms with Gasteiger partial charge in [0.05, 0.1) is 6.20 Å². The van der Waals surface area contributed by atoms with Crippen LogP contribution in [0, 0.1) is 0 Å². The summed E-state index contributed by atoms with van der Waals surface area (Å²) in [4.78, 5) is 8.10. The van der Waals surface area contributed by atoms with Gasteiger partial charge in [-0.15, -0.1) is 0 Å². The Kier molecular flexibility index (Phi) is 2.45. The minimum absolute atomic E-state index is 0.406. The summed E-state index contributed by atoms with van der Waals surface area (Å²) < 4.78 is 1.82. The van der Waals surface area contributed by atoms with Crippen LogP contribution in [0.2, 0.25) is 5.15 Å². The molecule has 0 aromatic carbocycles. The lowest BCUT2D eigenvalue weighted by atomic mass is 10.3. The maximum atomic E-state index is 5.90. The van der Waals surface area contributed by atoms with Crippen LogP contribution in [0.5, 0.6) is 0 Å². The van der Waals surface area contributed by atoms with E-state index in [1.165, 1.54) is 0 Å². The molecule has 2 aromatic rings. The maximum absolute atomic E-state index is 5.90. The lowest BCUT2D eigenvalue weighted by Crippen LogP contribution is -1.92. The Hall–Kier alpha value is -1.42. The van der Waals surface area contributed by atoms with Crippen molar-refractivity contribution in [2.75, 3.05) is 0 Å². The highest BCUT2D eigenvalue weighted by atomic mass is 35.5. The highest BCUT2D eigenvalue weighted by Crippen LogP contribution is 2.22. The highest BCUT2D eigenvalue weighted by Gasteiger charge is 2.07. The molecular weight excluding hydrogens is 200 g/mol. The Labute approximate surface area is 86.6 Å². The van der Waals surface area contributed by atoms with E-state index in [9.17, 15) is 0 Å². The second-order valence-electron chi connectivity index (χ2n) is 2.78. The zero-order valence-electron chi connectivity index (χ0n) is 7.68. The van der Waals surface area contributed by atoms with Crippen molar-refractivity contribution in [3.8, 4) is 11.3 Å². The quantitative estimate of drug-likeness (QED) is 0.759. The number of aromatic nitrogens is 4. The molecule has 0 aliphatic heterocycles. The van der Waals surface area contributed by atoms with Crippen LogP contribution >= 0.6 is 11.6 Å². The van der Waals surface area contributed by atoms with Crippen molar-refractivity contribution in [1.82, 2.24) is 19.7 Å². The van der Waals surface area contributed by atoms with Crippen LogP contribution in [0.3, 0.4) is 0 Å². The summed E-state index contributed by atoms with van der Waals surface area (Å²) in [7, 11) is 0. The fourth-order valence-corrected chi connectivity index (χ4v) is 1.39. The van der Waals surface area contributed by atoms with Crippen LogP contribution in [0.4, 0.5) is 0 Å². The van der Waals surface area contributed by atoms with Crippen molar-refractivity contribution < 1.29 is 0 Å². The van der Waals surface area contributed by atoms with E-state index in [1.807, 2.05) is 17.8 Å². The van der Waals surface area contributed by atoms with Gasteiger partial charge in [0.2, 0.25) is 0 Å². The SMILES string of the molecule is CCn1cc(-c2nccnc2Cl)cn1. The first-order chi connectivity index (χ1) is 6.81. The molecule has 5 heteroatoms. The van der Waals surface area contributed by atoms with E-state index in [0.717, 1.165) is 12.1 Å². The number of hydrogen-bond donors (Lipinski definition) is 0. The normalized spacial score (nSPS) is 10.4. The molecule has 0 fully saturated rings. The molecule has 72 valence electrons. The van der Waals surface area contributed by atoms with E-state index in [-0.39, 0.29) is 0 Å². The van der Waals surface area contributed by atoms with Gasteiger partial charge in [0.25, 0.3) is 0 Å². The molecular formula is C9H9ClN4. The maximum Gasteiger partial charge on any atom is 0.155 e. The van der Waals surface area contributed by atoms with E-state index in [1.54, 1.807) is 18.6 Å². The Balaban J connectivity index is 2.44. The molecule has 2 heterocycles. The van der Waals surface area contributed by atoms with Gasteiger partial charge in [-0.1, -0.05) is 11.6 Å². The van der Waals surface area contributed by atoms with Gasteiger partial charge < -0.3 is 0 Å². The number of aryl methyl sites for hydroxylation is 1. The van der Waals surface area contributed by atoms with Crippen molar-refractivity contribution >= 4 is 11.6 Å². The molecule has 0 radical (unpaired) electrons. The molecule has 14 heavy (non-hydrogen) atoms. The predicted molar refractivity (Wildman–Crippen MR) is 53.9 cm³/mol. The van der Waals surface area contributed by atoms with Crippen LogP contribution in [0.25, 0.3) is 11.3 Å². The van der Waals surface area contributed by atoms with Crippen molar-refractivity contribution in [2.45, 2.75) is 13.5 Å². The van der Waals surface area contributed by atoms with Crippen LogP contribution in [0.1, 0.15) is 6.92 Å². The standard InChI is InChI=1S/C9H9ClN4/c1-2-14-6-7(5-13-14)8-9(10)12-4-3-11-8/h3-6H,2H2,1H3. The molecule has 0 amide bonds. The van der Waals surface area contributed by atoms with E-state index in [0.29, 0.717) is 10.8 Å². The van der Waals surface area contributed by atoms with Crippen molar-refractivity contribution in [1.29, 1.82) is 0 Å². The van der Waals surface area contributed by atoms with Crippen molar-refractivity contribution in [3.05, 3.63) is 29.9 Å². The number of rotatable bonds is 2. The Morgan fingerprint density at radius 2 is 2.14 bits per heavy atom. The molecule has 2 rings (SSSR count). The largest absolute Gasteiger partial charge is 0.272 e. The molecule has 0 bridgehead atoms. The zero-order chi connectivity index (χ0) is 9.97. The van der Waals surface area contributed by atoms with Gasteiger partial charge in [-0.25, -0.2) is 4.98 Å². The molecule has 0 spiro atoms. The molecule has 0 saturated carbocycles. The second-order valence-corrected chi connectivity index (χ2v) is 3.14. The van der Waals surface area contributed by atoms with E-state index in [4.69, 9.17) is 11.6 Å². The van der Waals surface area contributed by atoms with Gasteiger partial charge >= 0.3 is 0 Å². The van der Waals surface area contributed by atoms with E-state index >= 15 is 0 Å². The minimum Gasteiger partial charge on any atom is -0.272 e. The Morgan fingerprint density at radius 3 is 2.79 bits per heavy atom. The fourth-order valence-electron chi connectivity index (χ4n) is 1.17. The average molecular weight is 209 g/mol. The monoisotopic (exact) mass is 208 g/mol. The first-order valence-corrected chi connectivity index (χ1v) is 4.68. The second kappa shape index (κ2) is 3.75. The summed E-state index contributed by atoms with van der Waals surface area (Å²) in [6, 6.07) is 0. The van der Waals surface area contributed by atoms with Gasteiger partial charge in [0.15, 0.2) is 5.15 Å². The summed E-state index contributed by atoms with van der Waals surface area (Å²) >= 11 is 5.90. The summed E-state index contributed by atoms with van der Waals surface area (Å²) in [5, 5.41) is 4.55. The molecule has 0 unspecified atom stereocenters. The number of hydrogen-bond acceptors (Lipinski definition) is 3. The molecule has 0 aliphatic rings. The Bertz CT molecular complexity index is 438. The number of nitrogens with zero attached hydrogens (tertiary/aromatic N) is 4. The first-order valence-electron chi connectivity index (χ1n) is 4.30. The van der Waals surface area contributed by atoms with Crippen LogP contribution < -0.4 is 0 Å². The highest BCUT2D eigenvalue weighted by molar-refractivity contribution is 6.31. The topological polar surface area (TPSA) is 43.6 Å². The van der Waals surface area contributed by atoms with Gasteiger partial charge in [-0.2, -0.15) is 5.10 Å². The van der Waals surface area contributed by atoms with Crippen molar-refractivity contribution in [3.63, 3.8) is 0 Å². The minimum atomic E-state index is 0.406.